The van der Waals surface area contributed by atoms with E-state index in [1.807, 2.05) is 121 Å². The predicted octanol–water partition coefficient (Wildman–Crippen LogP) is 7.44. The number of nitro groups is 1. The largest absolute Gasteiger partial charge is 0.297 e. The van der Waals surface area contributed by atoms with E-state index in [9.17, 15) is 19.7 Å². The number of nitrogens with zero attached hydrogens (tertiary/aromatic N) is 2. The third kappa shape index (κ3) is 3.66. The monoisotopic (exact) mass is 636 g/mol. The number of imide groups is 1. The molecule has 0 N–H and O–H groups in total. The Morgan fingerprint density at radius 2 is 1.00 bits per heavy atom. The molecule has 5 aromatic rings. The van der Waals surface area contributed by atoms with Crippen molar-refractivity contribution in [1.82, 2.24) is 0 Å². The van der Waals surface area contributed by atoms with Gasteiger partial charge in [-0.2, -0.15) is 0 Å². The Morgan fingerprint density at radius 3 is 1.40 bits per heavy atom. The van der Waals surface area contributed by atoms with E-state index < -0.39 is 45.1 Å². The summed E-state index contributed by atoms with van der Waals surface area (Å²) in [5.41, 5.74) is 0.575. The number of Topliss-reactive ketones (excluding diaryl/α,β-unsaturated/α-hetero) is 1. The summed E-state index contributed by atoms with van der Waals surface area (Å²) >= 11 is 6.14. The van der Waals surface area contributed by atoms with Crippen molar-refractivity contribution in [2.24, 2.45) is 11.8 Å². The third-order valence-corrected chi connectivity index (χ3v) is 10.3. The summed E-state index contributed by atoms with van der Waals surface area (Å²) in [5, 5.41) is 11.7. The van der Waals surface area contributed by atoms with Crippen LogP contribution in [0.5, 0.6) is 0 Å². The van der Waals surface area contributed by atoms with Crippen LogP contribution in [0.25, 0.3) is 11.1 Å². The maximum Gasteiger partial charge on any atom is 0.289 e. The van der Waals surface area contributed by atoms with Gasteiger partial charge in [0.1, 0.15) is 5.02 Å². The van der Waals surface area contributed by atoms with Crippen molar-refractivity contribution in [3.05, 3.63) is 177 Å². The van der Waals surface area contributed by atoms with E-state index in [0.29, 0.717) is 22.3 Å². The van der Waals surface area contributed by atoms with Crippen LogP contribution in [0, 0.1) is 22.0 Å². The number of hydrogen-bond acceptors (Lipinski definition) is 5. The number of allylic oxidation sites excluding steroid dienone is 2. The number of fused-ring (bicyclic) bond motifs is 5. The Hall–Kier alpha value is -5.66. The summed E-state index contributed by atoms with van der Waals surface area (Å²) in [5.74, 6) is -3.69. The zero-order valence-corrected chi connectivity index (χ0v) is 25.5. The molecule has 47 heavy (non-hydrogen) atoms. The predicted molar refractivity (Wildman–Crippen MR) is 179 cm³/mol. The van der Waals surface area contributed by atoms with Crippen molar-refractivity contribution >= 4 is 51.7 Å². The fourth-order valence-corrected chi connectivity index (χ4v) is 8.56. The molecule has 3 aliphatic rings. The summed E-state index contributed by atoms with van der Waals surface area (Å²) in [6.07, 6.45) is 0. The summed E-state index contributed by atoms with van der Waals surface area (Å²) in [6, 6.07) is 41.4. The van der Waals surface area contributed by atoms with Gasteiger partial charge in [0, 0.05) is 6.07 Å². The fraction of sp³-hybridized carbons (Fsp3) is 0.103. The molecule has 2 fully saturated rings. The third-order valence-electron chi connectivity index (χ3n) is 9.96. The van der Waals surface area contributed by atoms with Crippen molar-refractivity contribution in [2.45, 2.75) is 10.8 Å². The summed E-state index contributed by atoms with van der Waals surface area (Å²) in [6.45, 7) is 0. The molecular weight excluding hydrogens is 612 g/mol. The normalized spacial score (nSPS) is 24.6. The maximum absolute atomic E-state index is 15.8. The topological polar surface area (TPSA) is 97.6 Å². The Morgan fingerprint density at radius 1 is 0.596 bits per heavy atom. The standard InChI is InChI=1S/C39H25ClN2O5/c40-29-22-21-28(23-30(29)42(46)47)41-35(43)33-34(36(41)44)39(27-19-11-4-12-20-27)32(25-15-7-2-8-16-25)31(24-13-5-1-6-14-24)38(33,37(39)45)26-17-9-3-10-18-26/h1-23,33-34H/t33-,34+,38-,39-/m0/s1. The number of hydrogen-bond donors (Lipinski definition) is 0. The van der Waals surface area contributed by atoms with Crippen LogP contribution in [0.2, 0.25) is 5.02 Å². The van der Waals surface area contributed by atoms with E-state index in [4.69, 9.17) is 11.6 Å². The van der Waals surface area contributed by atoms with Gasteiger partial charge in [0.2, 0.25) is 11.8 Å². The molecule has 2 amide bonds. The van der Waals surface area contributed by atoms with Crippen LogP contribution >= 0.6 is 11.6 Å². The smallest absolute Gasteiger partial charge is 0.289 e. The molecule has 1 saturated heterocycles. The second-order valence-corrected chi connectivity index (χ2v) is 12.4. The number of ketones is 1. The lowest BCUT2D eigenvalue weighted by Crippen LogP contribution is -2.45. The van der Waals surface area contributed by atoms with Gasteiger partial charge in [-0.1, -0.05) is 133 Å². The maximum atomic E-state index is 15.8. The molecule has 1 heterocycles. The van der Waals surface area contributed by atoms with E-state index in [2.05, 4.69) is 0 Å². The Labute approximate surface area is 274 Å². The van der Waals surface area contributed by atoms with Crippen LogP contribution in [0.1, 0.15) is 22.3 Å². The van der Waals surface area contributed by atoms with Crippen molar-refractivity contribution in [1.29, 1.82) is 0 Å². The molecule has 0 aromatic heterocycles. The summed E-state index contributed by atoms with van der Waals surface area (Å²) in [7, 11) is 0. The first-order valence-electron chi connectivity index (χ1n) is 15.2. The lowest BCUT2D eigenvalue weighted by Gasteiger charge is -2.39. The van der Waals surface area contributed by atoms with E-state index in [1.165, 1.54) is 12.1 Å². The highest BCUT2D eigenvalue weighted by molar-refractivity contribution is 6.39. The minimum Gasteiger partial charge on any atom is -0.297 e. The van der Waals surface area contributed by atoms with E-state index in [1.54, 1.807) is 0 Å². The zero-order chi connectivity index (χ0) is 32.5. The van der Waals surface area contributed by atoms with Gasteiger partial charge in [0.25, 0.3) is 5.69 Å². The van der Waals surface area contributed by atoms with Crippen LogP contribution < -0.4 is 4.90 Å². The van der Waals surface area contributed by atoms with Gasteiger partial charge in [0.15, 0.2) is 5.78 Å². The second kappa shape index (κ2) is 10.4. The van der Waals surface area contributed by atoms with Crippen LogP contribution in [0.15, 0.2) is 140 Å². The molecular formula is C39H25ClN2O5. The lowest BCUT2D eigenvalue weighted by molar-refractivity contribution is -0.384. The van der Waals surface area contributed by atoms with Crippen LogP contribution in [-0.2, 0) is 25.2 Å². The van der Waals surface area contributed by atoms with Crippen molar-refractivity contribution < 1.29 is 19.3 Å². The van der Waals surface area contributed by atoms with Crippen LogP contribution in [-0.4, -0.2) is 22.5 Å². The highest BCUT2D eigenvalue weighted by Crippen LogP contribution is 2.74. The van der Waals surface area contributed by atoms with Crippen molar-refractivity contribution in [2.75, 3.05) is 4.90 Å². The number of halogens is 1. The highest BCUT2D eigenvalue weighted by Gasteiger charge is 2.82. The molecule has 4 atom stereocenters. The molecule has 2 bridgehead atoms. The molecule has 0 unspecified atom stereocenters. The molecule has 2 aliphatic carbocycles. The second-order valence-electron chi connectivity index (χ2n) is 12.0. The number of amides is 2. The van der Waals surface area contributed by atoms with Crippen LogP contribution in [0.3, 0.4) is 0 Å². The molecule has 8 heteroatoms. The Balaban J connectivity index is 1.53. The molecule has 1 aliphatic heterocycles. The molecule has 228 valence electrons. The van der Waals surface area contributed by atoms with Gasteiger partial charge < -0.3 is 0 Å². The number of benzene rings is 5. The number of carbonyl (C=O) groups is 3. The number of carbonyl (C=O) groups excluding carboxylic acids is 3. The number of rotatable bonds is 6. The Bertz CT molecular complexity index is 2030. The molecule has 0 radical (unpaired) electrons. The van der Waals surface area contributed by atoms with Crippen molar-refractivity contribution in [3.8, 4) is 0 Å². The lowest BCUT2D eigenvalue weighted by atomic mass is 9.59. The van der Waals surface area contributed by atoms with Crippen LogP contribution in [0.4, 0.5) is 11.4 Å². The van der Waals surface area contributed by atoms with Gasteiger partial charge in [0.05, 0.1) is 33.3 Å². The molecule has 1 saturated carbocycles. The van der Waals surface area contributed by atoms with E-state index >= 15 is 4.79 Å². The summed E-state index contributed by atoms with van der Waals surface area (Å²) in [4.78, 5) is 58.1. The molecule has 8 rings (SSSR count). The fourth-order valence-electron chi connectivity index (χ4n) is 8.37. The average Bonchev–Trinajstić information content (AvgIpc) is 3.62. The molecule has 5 aromatic carbocycles. The first-order valence-corrected chi connectivity index (χ1v) is 15.6. The minimum absolute atomic E-state index is 0.0336. The summed E-state index contributed by atoms with van der Waals surface area (Å²) < 4.78 is 0. The van der Waals surface area contributed by atoms with Gasteiger partial charge in [-0.25, -0.2) is 4.90 Å². The number of anilines is 1. The molecule has 0 spiro atoms. The van der Waals surface area contributed by atoms with Gasteiger partial charge in [-0.05, 0) is 45.5 Å². The SMILES string of the molecule is O=C1[C@@H]2[C@H](C(=O)N1c1ccc(Cl)c([N+](=O)[O-])c1)[C@@]1(c3ccccc3)C(=O)[C@@]2(c2ccccc2)C(c2ccccc2)=C1c1ccccc1. The Kier molecular flexibility index (Phi) is 6.39. The van der Waals surface area contributed by atoms with Gasteiger partial charge in [-0.15, -0.1) is 0 Å². The average molecular weight is 637 g/mol. The number of nitro benzene ring substituents is 1. The van der Waals surface area contributed by atoms with Crippen molar-refractivity contribution in [3.63, 3.8) is 0 Å². The van der Waals surface area contributed by atoms with Gasteiger partial charge in [-0.3, -0.25) is 24.5 Å². The minimum atomic E-state index is -1.56. The first-order chi connectivity index (χ1) is 22.8. The first kappa shape index (κ1) is 28.8. The van der Waals surface area contributed by atoms with E-state index in [0.717, 1.165) is 22.1 Å². The highest BCUT2D eigenvalue weighted by atomic mass is 35.5. The van der Waals surface area contributed by atoms with E-state index in [-0.39, 0.29) is 16.5 Å². The quantitative estimate of drug-likeness (QED) is 0.110. The van der Waals surface area contributed by atoms with Gasteiger partial charge >= 0.3 is 0 Å². The zero-order valence-electron chi connectivity index (χ0n) is 24.7. The molecule has 7 nitrogen and oxygen atoms in total.